The van der Waals surface area contributed by atoms with Crippen LogP contribution < -0.4 is 5.32 Å². The monoisotopic (exact) mass is 406 g/mol. The number of benzene rings is 1. The van der Waals surface area contributed by atoms with Crippen LogP contribution in [0.25, 0.3) is 22.5 Å². The molecule has 0 bridgehead atoms. The standard InChI is InChI=1S/C20H18F4N4O/c21-16-11-14(6-9-26-16)18-17(13-2-1-3-15(10-13)20(22,23)24)27-19(28(18)29)12-4-7-25-8-5-12/h1-3,6,9-12,25,29H,4-5,7-8H2. The third-order valence-electron chi connectivity index (χ3n) is 5.05. The maximum atomic E-state index is 13.7. The van der Waals surface area contributed by atoms with Gasteiger partial charge in [-0.2, -0.15) is 22.3 Å². The van der Waals surface area contributed by atoms with Crippen molar-refractivity contribution in [2.24, 2.45) is 0 Å². The van der Waals surface area contributed by atoms with Gasteiger partial charge in [0.05, 0.1) is 5.56 Å². The minimum atomic E-state index is -4.52. The molecule has 0 atom stereocenters. The first kappa shape index (κ1) is 19.4. The van der Waals surface area contributed by atoms with Gasteiger partial charge in [0.1, 0.15) is 17.2 Å². The summed E-state index contributed by atoms with van der Waals surface area (Å²) in [6, 6.07) is 7.33. The van der Waals surface area contributed by atoms with Crippen molar-refractivity contribution in [3.05, 3.63) is 59.9 Å². The Morgan fingerprint density at radius 1 is 1.07 bits per heavy atom. The lowest BCUT2D eigenvalue weighted by Crippen LogP contribution is -2.28. The van der Waals surface area contributed by atoms with E-state index in [4.69, 9.17) is 0 Å². The fraction of sp³-hybridized carbons (Fsp3) is 0.300. The highest BCUT2D eigenvalue weighted by Gasteiger charge is 2.32. The second-order valence-electron chi connectivity index (χ2n) is 6.95. The molecule has 1 aliphatic rings. The van der Waals surface area contributed by atoms with Crippen molar-refractivity contribution >= 4 is 0 Å². The molecule has 9 heteroatoms. The van der Waals surface area contributed by atoms with Crippen molar-refractivity contribution < 1.29 is 22.8 Å². The molecule has 0 unspecified atom stereocenters. The number of nitrogens with zero attached hydrogens (tertiary/aromatic N) is 3. The minimum Gasteiger partial charge on any atom is -0.427 e. The average molecular weight is 406 g/mol. The summed E-state index contributed by atoms with van der Waals surface area (Å²) < 4.78 is 54.2. The van der Waals surface area contributed by atoms with Crippen molar-refractivity contribution in [2.75, 3.05) is 13.1 Å². The maximum absolute atomic E-state index is 13.7. The number of piperidine rings is 1. The average Bonchev–Trinajstić information content (AvgIpc) is 3.05. The number of alkyl halides is 3. The fourth-order valence-corrected chi connectivity index (χ4v) is 3.63. The number of imidazole rings is 1. The number of rotatable bonds is 3. The summed E-state index contributed by atoms with van der Waals surface area (Å²) in [6.07, 6.45) is -1.83. The molecule has 2 aromatic heterocycles. The number of aromatic nitrogens is 3. The van der Waals surface area contributed by atoms with Gasteiger partial charge in [-0.15, -0.1) is 0 Å². The Bertz CT molecular complexity index is 1030. The third kappa shape index (κ3) is 3.82. The van der Waals surface area contributed by atoms with Gasteiger partial charge in [-0.05, 0) is 44.1 Å². The topological polar surface area (TPSA) is 63.0 Å². The van der Waals surface area contributed by atoms with Crippen LogP contribution in [-0.2, 0) is 6.18 Å². The van der Waals surface area contributed by atoms with Crippen LogP contribution in [0.15, 0.2) is 42.6 Å². The summed E-state index contributed by atoms with van der Waals surface area (Å²) in [4.78, 5) is 8.01. The molecule has 3 heterocycles. The van der Waals surface area contributed by atoms with Crippen LogP contribution in [0.4, 0.5) is 17.6 Å². The summed E-state index contributed by atoms with van der Waals surface area (Å²) >= 11 is 0. The lowest BCUT2D eigenvalue weighted by atomic mass is 9.97. The van der Waals surface area contributed by atoms with E-state index in [1.807, 2.05) is 0 Å². The zero-order valence-corrected chi connectivity index (χ0v) is 15.2. The Hall–Kier alpha value is -2.94. The van der Waals surface area contributed by atoms with Crippen LogP contribution in [0.1, 0.15) is 30.1 Å². The van der Waals surface area contributed by atoms with E-state index in [2.05, 4.69) is 15.3 Å². The number of nitrogens with one attached hydrogen (secondary N) is 1. The highest BCUT2D eigenvalue weighted by atomic mass is 19.4. The van der Waals surface area contributed by atoms with E-state index in [9.17, 15) is 22.8 Å². The first-order chi connectivity index (χ1) is 13.8. The Balaban J connectivity index is 1.90. The second-order valence-corrected chi connectivity index (χ2v) is 6.95. The highest BCUT2D eigenvalue weighted by molar-refractivity contribution is 5.79. The van der Waals surface area contributed by atoms with Crippen LogP contribution in [0.5, 0.6) is 0 Å². The Morgan fingerprint density at radius 2 is 1.83 bits per heavy atom. The summed E-state index contributed by atoms with van der Waals surface area (Å²) in [5, 5.41) is 14.1. The maximum Gasteiger partial charge on any atom is 0.416 e. The molecule has 1 aliphatic heterocycles. The number of hydrogen-bond donors (Lipinski definition) is 2. The summed E-state index contributed by atoms with van der Waals surface area (Å²) in [5.41, 5.74) is -0.0511. The molecule has 0 saturated carbocycles. The van der Waals surface area contributed by atoms with Gasteiger partial charge in [0.2, 0.25) is 5.95 Å². The zero-order valence-electron chi connectivity index (χ0n) is 15.2. The van der Waals surface area contributed by atoms with Gasteiger partial charge in [-0.1, -0.05) is 12.1 Å². The van der Waals surface area contributed by atoms with Crippen LogP contribution in [-0.4, -0.2) is 33.0 Å². The zero-order chi connectivity index (χ0) is 20.6. The molecule has 1 fully saturated rings. The molecule has 2 N–H and O–H groups in total. The fourth-order valence-electron chi connectivity index (χ4n) is 3.63. The lowest BCUT2D eigenvalue weighted by Gasteiger charge is -2.21. The summed E-state index contributed by atoms with van der Waals surface area (Å²) in [5.74, 6) is -0.473. The Morgan fingerprint density at radius 3 is 2.52 bits per heavy atom. The first-order valence-electron chi connectivity index (χ1n) is 9.17. The Kier molecular flexibility index (Phi) is 4.99. The van der Waals surface area contributed by atoms with Crippen molar-refractivity contribution in [3.8, 4) is 22.5 Å². The predicted octanol–water partition coefficient (Wildman–Crippen LogP) is 4.47. The van der Waals surface area contributed by atoms with Crippen molar-refractivity contribution in [1.29, 1.82) is 0 Å². The molecule has 0 amide bonds. The molecule has 0 radical (unpaired) electrons. The molecule has 1 saturated heterocycles. The van der Waals surface area contributed by atoms with Gasteiger partial charge in [-0.25, -0.2) is 9.97 Å². The smallest absolute Gasteiger partial charge is 0.416 e. The van der Waals surface area contributed by atoms with Crippen molar-refractivity contribution in [1.82, 2.24) is 20.0 Å². The highest BCUT2D eigenvalue weighted by Crippen LogP contribution is 2.38. The molecule has 152 valence electrons. The van der Waals surface area contributed by atoms with E-state index < -0.39 is 17.7 Å². The molecule has 29 heavy (non-hydrogen) atoms. The summed E-state index contributed by atoms with van der Waals surface area (Å²) in [7, 11) is 0. The number of pyridine rings is 1. The van der Waals surface area contributed by atoms with Gasteiger partial charge in [0.25, 0.3) is 0 Å². The third-order valence-corrected chi connectivity index (χ3v) is 5.05. The van der Waals surface area contributed by atoms with E-state index in [0.29, 0.717) is 5.82 Å². The van der Waals surface area contributed by atoms with Crippen LogP contribution in [0, 0.1) is 5.95 Å². The molecule has 4 rings (SSSR count). The van der Waals surface area contributed by atoms with Gasteiger partial charge in [-0.3, -0.25) is 0 Å². The molecular weight excluding hydrogens is 388 g/mol. The van der Waals surface area contributed by atoms with Gasteiger partial charge in [0.15, 0.2) is 0 Å². The van der Waals surface area contributed by atoms with Crippen LogP contribution in [0.2, 0.25) is 0 Å². The summed E-state index contributed by atoms with van der Waals surface area (Å²) in [6.45, 7) is 1.49. The van der Waals surface area contributed by atoms with E-state index in [1.54, 1.807) is 0 Å². The number of hydrogen-bond acceptors (Lipinski definition) is 4. The SMILES string of the molecule is On1c(C2CCNCC2)nc(-c2cccc(C(F)(F)F)c2)c1-c1ccnc(F)c1. The lowest BCUT2D eigenvalue weighted by molar-refractivity contribution is -0.137. The normalized spacial score (nSPS) is 15.6. The Labute approximate surface area is 164 Å². The van der Waals surface area contributed by atoms with Crippen molar-refractivity contribution in [2.45, 2.75) is 24.9 Å². The molecule has 0 aliphatic carbocycles. The second kappa shape index (κ2) is 7.47. The van der Waals surface area contributed by atoms with Gasteiger partial charge < -0.3 is 10.5 Å². The van der Waals surface area contributed by atoms with Crippen LogP contribution >= 0.6 is 0 Å². The molecular formula is C20H18F4N4O. The molecule has 0 spiro atoms. The molecule has 1 aromatic carbocycles. The quantitative estimate of drug-likeness (QED) is 0.383. The first-order valence-corrected chi connectivity index (χ1v) is 9.17. The molecule has 3 aromatic rings. The largest absolute Gasteiger partial charge is 0.427 e. The predicted molar refractivity (Wildman–Crippen MR) is 97.9 cm³/mol. The van der Waals surface area contributed by atoms with E-state index in [0.717, 1.165) is 48.9 Å². The van der Waals surface area contributed by atoms with E-state index in [-0.39, 0.29) is 28.4 Å². The van der Waals surface area contributed by atoms with Crippen molar-refractivity contribution in [3.63, 3.8) is 0 Å². The van der Waals surface area contributed by atoms with Gasteiger partial charge >= 0.3 is 6.18 Å². The minimum absolute atomic E-state index is 0.0637. The molecule has 5 nitrogen and oxygen atoms in total. The number of halogens is 4. The van der Waals surface area contributed by atoms with E-state index >= 15 is 0 Å². The van der Waals surface area contributed by atoms with Crippen LogP contribution in [0.3, 0.4) is 0 Å². The van der Waals surface area contributed by atoms with Gasteiger partial charge in [0, 0.05) is 29.3 Å². The van der Waals surface area contributed by atoms with E-state index in [1.165, 1.54) is 24.4 Å².